The van der Waals surface area contributed by atoms with Gasteiger partial charge in [-0.05, 0) is 30.3 Å². The summed E-state index contributed by atoms with van der Waals surface area (Å²) in [5.41, 5.74) is 1.26. The molecule has 0 atom stereocenters. The lowest BCUT2D eigenvalue weighted by Crippen LogP contribution is -2.48. The Bertz CT molecular complexity index is 839. The molecule has 0 radical (unpaired) electrons. The third kappa shape index (κ3) is 4.93. The highest BCUT2D eigenvalue weighted by Crippen LogP contribution is 2.30. The number of nitrogens with one attached hydrogen (secondary N) is 1. The van der Waals surface area contributed by atoms with Crippen molar-refractivity contribution in [2.24, 2.45) is 0 Å². The Hall–Kier alpha value is -2.71. The van der Waals surface area contributed by atoms with Crippen LogP contribution in [0.1, 0.15) is 0 Å². The van der Waals surface area contributed by atoms with E-state index in [-0.39, 0.29) is 24.0 Å². The first-order valence-corrected chi connectivity index (χ1v) is 8.77. The summed E-state index contributed by atoms with van der Waals surface area (Å²) in [7, 11) is 0. The van der Waals surface area contributed by atoms with Gasteiger partial charge in [0.05, 0.1) is 22.2 Å². The second kappa shape index (κ2) is 8.32. The lowest BCUT2D eigenvalue weighted by Gasteiger charge is -2.36. The Balaban J connectivity index is 1.52. The van der Waals surface area contributed by atoms with E-state index in [2.05, 4.69) is 5.32 Å². The molecule has 1 heterocycles. The maximum Gasteiger partial charge on any atom is 0.271 e. The molecule has 0 bridgehead atoms. The van der Waals surface area contributed by atoms with Gasteiger partial charge in [0.25, 0.3) is 5.69 Å². The highest BCUT2D eigenvalue weighted by atomic mass is 35.5. The van der Waals surface area contributed by atoms with Crippen LogP contribution in [-0.2, 0) is 4.79 Å². The number of anilines is 2. The van der Waals surface area contributed by atoms with Crippen molar-refractivity contribution >= 4 is 34.6 Å². The first-order chi connectivity index (χ1) is 12.9. The van der Waals surface area contributed by atoms with Gasteiger partial charge >= 0.3 is 0 Å². The number of halogens is 2. The predicted molar refractivity (Wildman–Crippen MR) is 102 cm³/mol. The molecule has 1 amide bonds. The number of amides is 1. The molecular formula is C18H18ClFN4O3. The van der Waals surface area contributed by atoms with Gasteiger partial charge in [0.2, 0.25) is 5.91 Å². The largest absolute Gasteiger partial charge is 0.368 e. The summed E-state index contributed by atoms with van der Waals surface area (Å²) in [6, 6.07) is 10.1. The third-order valence-corrected chi connectivity index (χ3v) is 4.65. The first kappa shape index (κ1) is 19.1. The molecule has 0 aliphatic carbocycles. The van der Waals surface area contributed by atoms with Crippen molar-refractivity contribution in [1.82, 2.24) is 4.90 Å². The Morgan fingerprint density at radius 3 is 2.41 bits per heavy atom. The number of benzene rings is 2. The van der Waals surface area contributed by atoms with Gasteiger partial charge in [0.15, 0.2) is 0 Å². The first-order valence-electron chi connectivity index (χ1n) is 8.39. The van der Waals surface area contributed by atoms with Crippen LogP contribution in [0.15, 0.2) is 42.5 Å². The van der Waals surface area contributed by atoms with E-state index in [0.717, 1.165) is 5.69 Å². The molecule has 2 aromatic carbocycles. The van der Waals surface area contributed by atoms with E-state index < -0.39 is 4.92 Å². The van der Waals surface area contributed by atoms with Crippen LogP contribution in [-0.4, -0.2) is 48.5 Å². The third-order valence-electron chi connectivity index (χ3n) is 4.35. The Kier molecular flexibility index (Phi) is 5.88. The molecule has 9 heteroatoms. The van der Waals surface area contributed by atoms with E-state index >= 15 is 0 Å². The van der Waals surface area contributed by atoms with Crippen LogP contribution in [0.25, 0.3) is 0 Å². The fraction of sp³-hybridized carbons (Fsp3) is 0.278. The van der Waals surface area contributed by atoms with Crippen molar-refractivity contribution in [1.29, 1.82) is 0 Å². The van der Waals surface area contributed by atoms with Crippen LogP contribution in [0.3, 0.4) is 0 Å². The lowest BCUT2D eigenvalue weighted by molar-refractivity contribution is -0.384. The maximum atomic E-state index is 12.9. The number of rotatable bonds is 5. The van der Waals surface area contributed by atoms with Gasteiger partial charge in [-0.1, -0.05) is 11.6 Å². The number of carbonyl (C=O) groups is 1. The standard InChI is InChI=1S/C18H18ClFN4O3/c19-16-11-15(24(26)27)5-6-17(16)23-9-7-22(8-10-23)12-18(25)21-14-3-1-13(20)2-4-14/h1-6,11H,7-10,12H2,(H,21,25). The van der Waals surface area contributed by atoms with Crippen LogP contribution < -0.4 is 10.2 Å². The number of nitro groups is 1. The monoisotopic (exact) mass is 392 g/mol. The average Bonchev–Trinajstić information content (AvgIpc) is 2.64. The minimum Gasteiger partial charge on any atom is -0.368 e. The number of hydrogen-bond donors (Lipinski definition) is 1. The van der Waals surface area contributed by atoms with Gasteiger partial charge in [-0.2, -0.15) is 0 Å². The Labute approximate surface area is 160 Å². The second-order valence-corrected chi connectivity index (χ2v) is 6.62. The summed E-state index contributed by atoms with van der Waals surface area (Å²) < 4.78 is 12.9. The molecule has 27 heavy (non-hydrogen) atoms. The van der Waals surface area contributed by atoms with Crippen molar-refractivity contribution < 1.29 is 14.1 Å². The molecule has 0 unspecified atom stereocenters. The minimum absolute atomic E-state index is 0.0418. The van der Waals surface area contributed by atoms with E-state index in [1.165, 1.54) is 36.4 Å². The van der Waals surface area contributed by atoms with Crippen LogP contribution >= 0.6 is 11.6 Å². The van der Waals surface area contributed by atoms with E-state index in [4.69, 9.17) is 11.6 Å². The molecule has 7 nitrogen and oxygen atoms in total. The summed E-state index contributed by atoms with van der Waals surface area (Å²) in [6.45, 7) is 2.86. The van der Waals surface area contributed by atoms with Gasteiger partial charge in [0, 0.05) is 44.0 Å². The zero-order chi connectivity index (χ0) is 19.4. The molecule has 1 saturated heterocycles. The smallest absolute Gasteiger partial charge is 0.271 e. The van der Waals surface area contributed by atoms with Gasteiger partial charge in [0.1, 0.15) is 5.82 Å². The SMILES string of the molecule is O=C(CN1CCN(c2ccc([N+](=O)[O-])cc2Cl)CC1)Nc1ccc(F)cc1. The zero-order valence-corrected chi connectivity index (χ0v) is 15.2. The quantitative estimate of drug-likeness (QED) is 0.624. The van der Waals surface area contributed by atoms with Crippen molar-refractivity contribution in [2.75, 3.05) is 42.9 Å². The molecule has 3 rings (SSSR count). The van der Waals surface area contributed by atoms with Crippen LogP contribution in [0.5, 0.6) is 0 Å². The summed E-state index contributed by atoms with van der Waals surface area (Å²) in [5, 5.41) is 13.9. The number of hydrogen-bond acceptors (Lipinski definition) is 5. The van der Waals surface area contributed by atoms with Gasteiger partial charge < -0.3 is 10.2 Å². The van der Waals surface area contributed by atoms with Crippen molar-refractivity contribution in [3.63, 3.8) is 0 Å². The predicted octanol–water partition coefficient (Wildman–Crippen LogP) is 3.15. The van der Waals surface area contributed by atoms with Gasteiger partial charge in [-0.15, -0.1) is 0 Å². The number of carbonyl (C=O) groups excluding carboxylic acids is 1. The molecule has 0 spiro atoms. The Morgan fingerprint density at radius 2 is 1.81 bits per heavy atom. The Morgan fingerprint density at radius 1 is 1.15 bits per heavy atom. The second-order valence-electron chi connectivity index (χ2n) is 6.21. The van der Waals surface area contributed by atoms with Crippen LogP contribution in [0.4, 0.5) is 21.5 Å². The topological polar surface area (TPSA) is 78.7 Å². The molecule has 1 aliphatic heterocycles. The number of non-ortho nitro benzene ring substituents is 1. The zero-order valence-electron chi connectivity index (χ0n) is 14.4. The molecule has 2 aromatic rings. The minimum atomic E-state index is -0.479. The molecule has 1 aliphatic rings. The van der Waals surface area contributed by atoms with Crippen LogP contribution in [0, 0.1) is 15.9 Å². The number of piperazine rings is 1. The van der Waals surface area contributed by atoms with E-state index in [1.807, 2.05) is 9.80 Å². The normalized spacial score (nSPS) is 14.8. The summed E-state index contributed by atoms with van der Waals surface area (Å²) in [5.74, 6) is -0.516. The fourth-order valence-electron chi connectivity index (χ4n) is 2.95. The summed E-state index contributed by atoms with van der Waals surface area (Å²) >= 11 is 6.18. The molecule has 142 valence electrons. The highest BCUT2D eigenvalue weighted by molar-refractivity contribution is 6.33. The van der Waals surface area contributed by atoms with Crippen molar-refractivity contribution in [3.8, 4) is 0 Å². The summed E-state index contributed by atoms with van der Waals surface area (Å²) in [6.07, 6.45) is 0. The molecule has 1 N–H and O–H groups in total. The fourth-order valence-corrected chi connectivity index (χ4v) is 3.24. The van der Waals surface area contributed by atoms with Crippen molar-refractivity contribution in [3.05, 3.63) is 63.4 Å². The van der Waals surface area contributed by atoms with Gasteiger partial charge in [-0.25, -0.2) is 4.39 Å². The molecule has 0 saturated carbocycles. The highest BCUT2D eigenvalue weighted by Gasteiger charge is 2.21. The van der Waals surface area contributed by atoms with E-state index in [1.54, 1.807) is 6.07 Å². The average molecular weight is 393 g/mol. The van der Waals surface area contributed by atoms with E-state index in [9.17, 15) is 19.3 Å². The summed E-state index contributed by atoms with van der Waals surface area (Å²) in [4.78, 5) is 26.5. The molecule has 1 fully saturated rings. The molecular weight excluding hydrogens is 375 g/mol. The number of nitro benzene ring substituents is 1. The van der Waals surface area contributed by atoms with E-state index in [0.29, 0.717) is 36.9 Å². The number of nitrogens with zero attached hydrogens (tertiary/aromatic N) is 3. The lowest BCUT2D eigenvalue weighted by atomic mass is 10.2. The molecule has 0 aromatic heterocycles. The van der Waals surface area contributed by atoms with Crippen LogP contribution in [0.2, 0.25) is 5.02 Å². The maximum absolute atomic E-state index is 12.9. The van der Waals surface area contributed by atoms with Gasteiger partial charge in [-0.3, -0.25) is 19.8 Å². The van der Waals surface area contributed by atoms with Crippen molar-refractivity contribution in [2.45, 2.75) is 0 Å².